The van der Waals surface area contributed by atoms with Crippen molar-refractivity contribution in [2.75, 3.05) is 0 Å². The molecule has 0 radical (unpaired) electrons. The molecule has 0 saturated heterocycles. The Kier molecular flexibility index (Phi) is 5.08. The van der Waals surface area contributed by atoms with Crippen molar-refractivity contribution in [3.8, 4) is 0 Å². The van der Waals surface area contributed by atoms with Crippen molar-refractivity contribution in [2.45, 2.75) is 53.4 Å². The van der Waals surface area contributed by atoms with E-state index in [9.17, 15) is 4.79 Å². The molecule has 1 spiro atoms. The highest BCUT2D eigenvalue weighted by molar-refractivity contribution is 9.10. The van der Waals surface area contributed by atoms with Gasteiger partial charge in [-0.15, -0.1) is 0 Å². The van der Waals surface area contributed by atoms with Crippen LogP contribution in [-0.2, 0) is 6.42 Å². The normalized spacial score (nSPS) is 29.3. The van der Waals surface area contributed by atoms with E-state index in [2.05, 4.69) is 48.0 Å². The lowest BCUT2D eigenvalue weighted by Crippen LogP contribution is -2.34. The van der Waals surface area contributed by atoms with Gasteiger partial charge in [0.15, 0.2) is 5.78 Å². The fraction of sp³-hybridized carbons (Fsp3) is 0.526. The van der Waals surface area contributed by atoms with E-state index in [1.54, 1.807) is 0 Å². The van der Waals surface area contributed by atoms with E-state index in [-0.39, 0.29) is 5.41 Å². The van der Waals surface area contributed by atoms with Crippen LogP contribution in [0.2, 0.25) is 0 Å². The van der Waals surface area contributed by atoms with Gasteiger partial charge in [0.2, 0.25) is 0 Å². The van der Waals surface area contributed by atoms with E-state index >= 15 is 0 Å². The van der Waals surface area contributed by atoms with E-state index in [0.29, 0.717) is 11.7 Å². The number of carbonyl (C=O) groups is 1. The fourth-order valence-corrected chi connectivity index (χ4v) is 4.25. The molecule has 2 heteroatoms. The first-order valence-electron chi connectivity index (χ1n) is 8.04. The van der Waals surface area contributed by atoms with Gasteiger partial charge in [0.25, 0.3) is 0 Å². The molecule has 0 aliphatic heterocycles. The van der Waals surface area contributed by atoms with Gasteiger partial charge in [-0.2, -0.15) is 0 Å². The molecule has 2 atom stereocenters. The van der Waals surface area contributed by atoms with Crippen molar-refractivity contribution in [2.24, 2.45) is 11.3 Å². The Morgan fingerprint density at radius 3 is 2.67 bits per heavy atom. The van der Waals surface area contributed by atoms with E-state index in [4.69, 9.17) is 0 Å². The largest absolute Gasteiger partial charge is 0.294 e. The average Bonchev–Trinajstić information content (AvgIpc) is 2.74. The second-order valence-corrected chi connectivity index (χ2v) is 6.97. The van der Waals surface area contributed by atoms with E-state index in [1.807, 2.05) is 19.9 Å². The zero-order chi connectivity index (χ0) is 15.6. The molecule has 1 nitrogen and oxygen atoms in total. The first-order chi connectivity index (χ1) is 10.1. The van der Waals surface area contributed by atoms with E-state index < -0.39 is 0 Å². The second kappa shape index (κ2) is 6.48. The zero-order valence-electron chi connectivity index (χ0n) is 13.5. The molecule has 1 aromatic rings. The van der Waals surface area contributed by atoms with Crippen molar-refractivity contribution >= 4 is 21.7 Å². The number of halogens is 1. The summed E-state index contributed by atoms with van der Waals surface area (Å²) in [6.07, 6.45) is 6.29. The molecule has 0 aromatic heterocycles. The Bertz CT molecular complexity index is 573. The van der Waals surface area contributed by atoms with Crippen LogP contribution in [0.15, 0.2) is 34.3 Å². The number of Topliss-reactive ketones (excluding diaryl/α,β-unsaturated/α-hetero) is 1. The summed E-state index contributed by atoms with van der Waals surface area (Å²) in [5, 5.41) is 0. The lowest BCUT2D eigenvalue weighted by molar-refractivity contribution is 0.0739. The number of hydrogen-bond donors (Lipinski definition) is 0. The number of ketones is 1. The van der Waals surface area contributed by atoms with Gasteiger partial charge in [0.1, 0.15) is 0 Å². The minimum Gasteiger partial charge on any atom is -0.294 e. The topological polar surface area (TPSA) is 17.1 Å². The first-order valence-corrected chi connectivity index (χ1v) is 8.83. The lowest BCUT2D eigenvalue weighted by atomic mass is 9.66. The molecule has 2 aliphatic rings. The molecule has 21 heavy (non-hydrogen) atoms. The van der Waals surface area contributed by atoms with Gasteiger partial charge in [-0.25, -0.2) is 0 Å². The SMILES string of the molecule is CC.CC=C1CCC2(Cc3ccc(Br)cc3C2=O)CC1C. The monoisotopic (exact) mass is 348 g/mol. The molecule has 2 aliphatic carbocycles. The summed E-state index contributed by atoms with van der Waals surface area (Å²) >= 11 is 3.48. The van der Waals surface area contributed by atoms with Crippen molar-refractivity contribution in [3.05, 3.63) is 45.4 Å². The molecule has 0 heterocycles. The Morgan fingerprint density at radius 2 is 2.05 bits per heavy atom. The number of fused-ring (bicyclic) bond motifs is 1. The fourth-order valence-electron chi connectivity index (χ4n) is 3.89. The number of benzene rings is 1. The summed E-state index contributed by atoms with van der Waals surface area (Å²) in [5.74, 6) is 0.922. The number of allylic oxidation sites excluding steroid dienone is 2. The number of rotatable bonds is 0. The number of carbonyl (C=O) groups excluding carboxylic acids is 1. The Morgan fingerprint density at radius 1 is 1.33 bits per heavy atom. The molecule has 114 valence electrons. The van der Waals surface area contributed by atoms with Crippen LogP contribution in [0.3, 0.4) is 0 Å². The predicted molar refractivity (Wildman–Crippen MR) is 92.7 cm³/mol. The zero-order valence-corrected chi connectivity index (χ0v) is 15.1. The molecule has 0 N–H and O–H groups in total. The van der Waals surface area contributed by atoms with E-state index in [1.165, 1.54) is 11.1 Å². The quantitative estimate of drug-likeness (QED) is 0.528. The van der Waals surface area contributed by atoms with Crippen molar-refractivity contribution in [1.82, 2.24) is 0 Å². The second-order valence-electron chi connectivity index (χ2n) is 6.06. The highest BCUT2D eigenvalue weighted by atomic mass is 79.9. The van der Waals surface area contributed by atoms with Gasteiger partial charge in [0.05, 0.1) is 0 Å². The first kappa shape index (κ1) is 16.5. The van der Waals surface area contributed by atoms with Crippen LogP contribution < -0.4 is 0 Å². The van der Waals surface area contributed by atoms with Gasteiger partial charge in [-0.05, 0) is 56.2 Å². The average molecular weight is 349 g/mol. The molecule has 1 fully saturated rings. The summed E-state index contributed by atoms with van der Waals surface area (Å²) < 4.78 is 1.01. The van der Waals surface area contributed by atoms with Gasteiger partial charge in [0, 0.05) is 15.5 Å². The van der Waals surface area contributed by atoms with Crippen LogP contribution in [0.1, 0.15) is 62.9 Å². The van der Waals surface area contributed by atoms with Crippen LogP contribution in [-0.4, -0.2) is 5.78 Å². The summed E-state index contributed by atoms with van der Waals surface area (Å²) in [7, 11) is 0. The minimum absolute atomic E-state index is 0.116. The van der Waals surface area contributed by atoms with Crippen molar-refractivity contribution < 1.29 is 4.79 Å². The summed E-state index contributed by atoms with van der Waals surface area (Å²) in [5.41, 5.74) is 3.60. The molecular formula is C19H25BrO. The van der Waals surface area contributed by atoms with Gasteiger partial charge in [-0.3, -0.25) is 4.79 Å². The standard InChI is InChI=1S/C17H19BrO.C2H6/c1-3-12-6-7-17(9-11(12)2)10-13-4-5-14(18)8-15(13)16(17)19;1-2/h3-5,8,11H,6-7,9-10H2,1-2H3;1-2H3. The van der Waals surface area contributed by atoms with Crippen LogP contribution >= 0.6 is 15.9 Å². The third-order valence-electron chi connectivity index (χ3n) is 4.92. The van der Waals surface area contributed by atoms with Crippen LogP contribution in [0.4, 0.5) is 0 Å². The smallest absolute Gasteiger partial charge is 0.169 e. The molecule has 0 amide bonds. The van der Waals surface area contributed by atoms with Crippen molar-refractivity contribution in [1.29, 1.82) is 0 Å². The minimum atomic E-state index is -0.116. The Balaban J connectivity index is 0.000000774. The third kappa shape index (κ3) is 2.88. The molecule has 1 aromatic carbocycles. The summed E-state index contributed by atoms with van der Waals surface area (Å²) in [6, 6.07) is 6.17. The Labute approximate surface area is 137 Å². The summed E-state index contributed by atoms with van der Waals surface area (Å²) in [6.45, 7) is 8.38. The summed E-state index contributed by atoms with van der Waals surface area (Å²) in [4.78, 5) is 12.8. The van der Waals surface area contributed by atoms with Crippen molar-refractivity contribution in [3.63, 3.8) is 0 Å². The molecule has 0 bridgehead atoms. The predicted octanol–water partition coefficient (Wildman–Crippen LogP) is 5.97. The van der Waals surface area contributed by atoms with Gasteiger partial charge < -0.3 is 0 Å². The third-order valence-corrected chi connectivity index (χ3v) is 5.41. The van der Waals surface area contributed by atoms with Crippen LogP contribution in [0.25, 0.3) is 0 Å². The highest BCUT2D eigenvalue weighted by Crippen LogP contribution is 2.50. The Hall–Kier alpha value is -0.890. The molecule has 2 unspecified atom stereocenters. The van der Waals surface area contributed by atoms with Gasteiger partial charge in [-0.1, -0.05) is 54.4 Å². The lowest BCUT2D eigenvalue weighted by Gasteiger charge is -2.37. The molecular weight excluding hydrogens is 324 g/mol. The van der Waals surface area contributed by atoms with Crippen LogP contribution in [0.5, 0.6) is 0 Å². The molecule has 1 saturated carbocycles. The van der Waals surface area contributed by atoms with Crippen LogP contribution in [0, 0.1) is 11.3 Å². The maximum atomic E-state index is 12.8. The van der Waals surface area contributed by atoms with Gasteiger partial charge >= 0.3 is 0 Å². The maximum Gasteiger partial charge on any atom is 0.169 e. The maximum absolute atomic E-state index is 12.8. The van der Waals surface area contributed by atoms with E-state index in [0.717, 1.165) is 35.7 Å². The number of hydrogen-bond acceptors (Lipinski definition) is 1. The highest BCUT2D eigenvalue weighted by Gasteiger charge is 2.47. The molecule has 3 rings (SSSR count).